The summed E-state index contributed by atoms with van der Waals surface area (Å²) in [5.41, 5.74) is -0.0379. The molecule has 0 aliphatic carbocycles. The summed E-state index contributed by atoms with van der Waals surface area (Å²) in [5, 5.41) is 0.597. The third-order valence-corrected chi connectivity index (χ3v) is 7.43. The molecule has 3 rings (SSSR count). The number of hydrogen-bond donors (Lipinski definition) is 1. The first-order valence-electron chi connectivity index (χ1n) is 8.99. The lowest BCUT2D eigenvalue weighted by Gasteiger charge is -2.13. The summed E-state index contributed by atoms with van der Waals surface area (Å²) in [7, 11) is -3.72. The number of hydrogen-bond acceptors (Lipinski definition) is 4. The van der Waals surface area contributed by atoms with Gasteiger partial charge in [0, 0.05) is 27.1 Å². The molecule has 0 unspecified atom stereocenters. The molecule has 0 aliphatic heterocycles. The summed E-state index contributed by atoms with van der Waals surface area (Å²) in [6.07, 6.45) is -4.01. The van der Waals surface area contributed by atoms with Crippen LogP contribution in [0.3, 0.4) is 0 Å². The Morgan fingerprint density at radius 1 is 1.13 bits per heavy atom. The molecule has 3 aromatic rings. The molecule has 0 saturated heterocycles. The predicted molar refractivity (Wildman–Crippen MR) is 116 cm³/mol. The average Bonchev–Trinajstić information content (AvgIpc) is 2.69. The predicted octanol–water partition coefficient (Wildman–Crippen LogP) is 5.65. The Kier molecular flexibility index (Phi) is 7.11. The molecule has 1 aromatic heterocycles. The van der Waals surface area contributed by atoms with Crippen LogP contribution in [0.15, 0.2) is 62.8 Å². The minimum absolute atomic E-state index is 0.0736. The summed E-state index contributed by atoms with van der Waals surface area (Å²) in [6, 6.07) is 12.5. The summed E-state index contributed by atoms with van der Waals surface area (Å²) >= 11 is 4.48. The van der Waals surface area contributed by atoms with Gasteiger partial charge in [-0.25, -0.2) is 18.1 Å². The van der Waals surface area contributed by atoms with E-state index in [0.717, 1.165) is 22.3 Å². The van der Waals surface area contributed by atoms with E-state index < -0.39 is 21.9 Å². The van der Waals surface area contributed by atoms with Gasteiger partial charge in [-0.2, -0.15) is 13.2 Å². The molecule has 0 atom stereocenters. The Labute approximate surface area is 185 Å². The van der Waals surface area contributed by atoms with Crippen molar-refractivity contribution in [1.29, 1.82) is 0 Å². The maximum absolute atomic E-state index is 13.2. The van der Waals surface area contributed by atoms with E-state index in [1.165, 1.54) is 12.1 Å². The van der Waals surface area contributed by atoms with Crippen LogP contribution in [-0.2, 0) is 22.6 Å². The molecule has 1 heterocycles. The van der Waals surface area contributed by atoms with Gasteiger partial charge in [-0.1, -0.05) is 41.1 Å². The van der Waals surface area contributed by atoms with Gasteiger partial charge in [0.15, 0.2) is 0 Å². The highest BCUT2D eigenvalue weighted by atomic mass is 79.9. The maximum Gasteiger partial charge on any atom is 0.433 e. The fourth-order valence-corrected chi connectivity index (χ4v) is 5.72. The van der Waals surface area contributed by atoms with E-state index in [1.54, 1.807) is 30.3 Å². The van der Waals surface area contributed by atoms with Crippen molar-refractivity contribution < 1.29 is 21.6 Å². The summed E-state index contributed by atoms with van der Waals surface area (Å²) in [5.74, 6) is 0.266. The lowest BCUT2D eigenvalue weighted by molar-refractivity contribution is -0.141. The van der Waals surface area contributed by atoms with Crippen molar-refractivity contribution in [3.8, 4) is 0 Å². The Balaban J connectivity index is 1.75. The first-order valence-corrected chi connectivity index (χ1v) is 12.3. The van der Waals surface area contributed by atoms with Crippen LogP contribution >= 0.6 is 27.7 Å². The topological polar surface area (TPSA) is 59.1 Å². The van der Waals surface area contributed by atoms with Gasteiger partial charge in [0.2, 0.25) is 10.0 Å². The lowest BCUT2D eigenvalue weighted by atomic mass is 10.2. The smallest absolute Gasteiger partial charge is 0.243 e. The molecule has 1 N–H and O–H groups in total. The number of nitrogens with zero attached hydrogens (tertiary/aromatic N) is 1. The Morgan fingerprint density at radius 3 is 2.57 bits per heavy atom. The second-order valence-electron chi connectivity index (χ2n) is 6.37. The fourth-order valence-electron chi connectivity index (χ4n) is 2.91. The number of nitrogens with one attached hydrogen (secondary N) is 1. The molecule has 160 valence electrons. The molecule has 0 fully saturated rings. The number of thioether (sulfide) groups is 1. The number of aromatic nitrogens is 1. The molecular formula is C20H18BrF3N2O2S2. The van der Waals surface area contributed by atoms with Crippen molar-refractivity contribution in [3.63, 3.8) is 0 Å². The average molecular weight is 519 g/mol. The molecule has 0 aliphatic rings. The Bertz CT molecular complexity index is 1170. The van der Waals surface area contributed by atoms with Gasteiger partial charge in [0.05, 0.1) is 10.4 Å². The Hall–Kier alpha value is -1.62. The lowest BCUT2D eigenvalue weighted by Crippen LogP contribution is -2.27. The first kappa shape index (κ1) is 23.1. The van der Waals surface area contributed by atoms with Gasteiger partial charge in [0.1, 0.15) is 5.69 Å². The molecule has 0 radical (unpaired) electrons. The number of benzene rings is 2. The van der Waals surface area contributed by atoms with E-state index in [2.05, 4.69) is 25.6 Å². The van der Waals surface area contributed by atoms with Crippen LogP contribution in [0.25, 0.3) is 10.9 Å². The van der Waals surface area contributed by atoms with Crippen LogP contribution in [0.1, 0.15) is 18.2 Å². The summed E-state index contributed by atoms with van der Waals surface area (Å²) in [4.78, 5) is 4.30. The highest BCUT2D eigenvalue weighted by Crippen LogP contribution is 2.34. The molecule has 0 amide bonds. The number of alkyl halides is 3. The molecule has 0 spiro atoms. The summed E-state index contributed by atoms with van der Waals surface area (Å²) < 4.78 is 68.1. The van der Waals surface area contributed by atoms with Gasteiger partial charge in [-0.15, -0.1) is 11.8 Å². The number of halogens is 4. The van der Waals surface area contributed by atoms with Gasteiger partial charge in [-0.05, 0) is 42.3 Å². The van der Waals surface area contributed by atoms with E-state index >= 15 is 0 Å². The van der Waals surface area contributed by atoms with Gasteiger partial charge in [0.25, 0.3) is 0 Å². The zero-order chi connectivity index (χ0) is 21.9. The van der Waals surface area contributed by atoms with Gasteiger partial charge in [-0.3, -0.25) is 0 Å². The van der Waals surface area contributed by atoms with Crippen molar-refractivity contribution in [2.45, 2.75) is 29.3 Å². The van der Waals surface area contributed by atoms with E-state index in [9.17, 15) is 21.6 Å². The molecule has 0 saturated carbocycles. The molecule has 2 aromatic carbocycles. The van der Waals surface area contributed by atoms with Crippen LogP contribution in [-0.4, -0.2) is 25.7 Å². The standard InChI is InChI=1S/C20H18BrF3N2O2S2/c1-2-13-11-14(21)7-8-18(13)30(27,28)25-9-10-29-17-12-19(20(22,23)24)26-16-6-4-3-5-15(16)17/h3-8,11-12,25H,2,9-10H2,1H3. The maximum atomic E-state index is 13.2. The summed E-state index contributed by atoms with van der Waals surface area (Å²) in [6.45, 7) is 1.94. The first-order chi connectivity index (χ1) is 14.1. The van der Waals surface area contributed by atoms with Crippen molar-refractivity contribution in [2.24, 2.45) is 0 Å². The number of aryl methyl sites for hydroxylation is 1. The second-order valence-corrected chi connectivity index (χ2v) is 10.2. The molecule has 10 heteroatoms. The van der Waals surface area contributed by atoms with Crippen molar-refractivity contribution >= 4 is 48.6 Å². The monoisotopic (exact) mass is 518 g/mol. The third-order valence-electron chi connectivity index (χ3n) is 4.31. The van der Waals surface area contributed by atoms with Crippen LogP contribution in [0, 0.1) is 0 Å². The highest BCUT2D eigenvalue weighted by Gasteiger charge is 2.33. The largest absolute Gasteiger partial charge is 0.433 e. The number of sulfonamides is 1. The van der Waals surface area contributed by atoms with Crippen molar-refractivity contribution in [3.05, 3.63) is 64.3 Å². The quantitative estimate of drug-likeness (QED) is 0.324. The molecular weight excluding hydrogens is 501 g/mol. The number of pyridine rings is 1. The van der Waals surface area contributed by atoms with Crippen molar-refractivity contribution in [2.75, 3.05) is 12.3 Å². The van der Waals surface area contributed by atoms with Gasteiger partial charge < -0.3 is 0 Å². The van der Waals surface area contributed by atoms with Crippen LogP contribution in [0.4, 0.5) is 13.2 Å². The number of para-hydroxylation sites is 1. The minimum atomic E-state index is -4.56. The van der Waals surface area contributed by atoms with E-state index in [4.69, 9.17) is 0 Å². The molecule has 4 nitrogen and oxygen atoms in total. The second kappa shape index (κ2) is 9.25. The number of rotatable bonds is 7. The SMILES string of the molecule is CCc1cc(Br)ccc1S(=O)(=O)NCCSc1cc(C(F)(F)F)nc2ccccc12. The van der Waals surface area contributed by atoms with Crippen LogP contribution < -0.4 is 4.72 Å². The van der Waals surface area contributed by atoms with E-state index in [-0.39, 0.29) is 22.7 Å². The van der Waals surface area contributed by atoms with E-state index in [1.807, 2.05) is 6.92 Å². The molecule has 30 heavy (non-hydrogen) atoms. The number of fused-ring (bicyclic) bond motifs is 1. The molecule has 0 bridgehead atoms. The van der Waals surface area contributed by atoms with Crippen molar-refractivity contribution in [1.82, 2.24) is 9.71 Å². The Morgan fingerprint density at radius 2 is 1.87 bits per heavy atom. The highest BCUT2D eigenvalue weighted by molar-refractivity contribution is 9.10. The fraction of sp³-hybridized carbons (Fsp3) is 0.250. The van der Waals surface area contributed by atoms with E-state index in [0.29, 0.717) is 22.3 Å². The van der Waals surface area contributed by atoms with Crippen LogP contribution in [0.2, 0.25) is 0 Å². The van der Waals surface area contributed by atoms with Crippen LogP contribution in [0.5, 0.6) is 0 Å². The van der Waals surface area contributed by atoms with Gasteiger partial charge >= 0.3 is 6.18 Å². The zero-order valence-electron chi connectivity index (χ0n) is 15.8. The zero-order valence-corrected chi connectivity index (χ0v) is 19.1. The minimum Gasteiger partial charge on any atom is -0.243 e. The third kappa shape index (κ3) is 5.35. The normalized spacial score (nSPS) is 12.4.